The predicted molar refractivity (Wildman–Crippen MR) is 82.8 cm³/mol. The van der Waals surface area contributed by atoms with Crippen LogP contribution in [0.3, 0.4) is 0 Å². The molecule has 1 aromatic carbocycles. The van der Waals surface area contributed by atoms with Crippen molar-refractivity contribution in [3.63, 3.8) is 0 Å². The topological polar surface area (TPSA) is 98.0 Å². The van der Waals surface area contributed by atoms with Gasteiger partial charge >= 0.3 is 0 Å². The maximum atomic E-state index is 12.5. The fourth-order valence-corrected chi connectivity index (χ4v) is 3.39. The number of anilines is 2. The smallest absolute Gasteiger partial charge is 0.264 e. The summed E-state index contributed by atoms with van der Waals surface area (Å²) in [7, 11) is -3.83. The van der Waals surface area contributed by atoms with Crippen LogP contribution >= 0.6 is 11.6 Å². The summed E-state index contributed by atoms with van der Waals surface area (Å²) in [5.41, 5.74) is 7.28. The number of sulfonamides is 1. The van der Waals surface area contributed by atoms with Gasteiger partial charge in [0, 0.05) is 11.4 Å². The fraction of sp³-hybridized carbons (Fsp3) is 0.231. The number of benzene rings is 1. The van der Waals surface area contributed by atoms with Crippen molar-refractivity contribution in [1.29, 1.82) is 0 Å². The van der Waals surface area contributed by atoms with E-state index < -0.39 is 10.0 Å². The molecular weight excluding hydrogens is 312 g/mol. The minimum absolute atomic E-state index is 0.0653. The summed E-state index contributed by atoms with van der Waals surface area (Å²) in [4.78, 5) is 7.98. The summed E-state index contributed by atoms with van der Waals surface area (Å²) < 4.78 is 27.3. The van der Waals surface area contributed by atoms with Crippen LogP contribution in [-0.4, -0.2) is 18.4 Å². The van der Waals surface area contributed by atoms with E-state index in [2.05, 4.69) is 14.7 Å². The van der Waals surface area contributed by atoms with Crippen molar-refractivity contribution in [3.05, 3.63) is 40.7 Å². The Balaban J connectivity index is 2.45. The highest BCUT2D eigenvalue weighted by atomic mass is 35.5. The van der Waals surface area contributed by atoms with Gasteiger partial charge in [-0.1, -0.05) is 24.6 Å². The summed E-state index contributed by atoms with van der Waals surface area (Å²) in [5, 5.41) is 0.170. The Morgan fingerprint density at radius 3 is 2.62 bits per heavy atom. The van der Waals surface area contributed by atoms with Gasteiger partial charge < -0.3 is 5.73 Å². The highest BCUT2D eigenvalue weighted by Crippen LogP contribution is 2.22. The lowest BCUT2D eigenvalue weighted by atomic mass is 10.1. The summed E-state index contributed by atoms with van der Waals surface area (Å²) in [6, 6.07) is 6.31. The molecule has 2 aromatic rings. The molecule has 1 heterocycles. The van der Waals surface area contributed by atoms with E-state index in [9.17, 15) is 8.42 Å². The first kappa shape index (κ1) is 15.5. The standard InChI is InChI=1S/C13H15ClN4O2S/c1-3-9-4-5-10(15)7-11(9)21(19,20)18-13-16-8(2)6-12(14)17-13/h4-7H,3,15H2,1-2H3,(H,16,17,18). The molecule has 0 fully saturated rings. The van der Waals surface area contributed by atoms with Gasteiger partial charge in [0.15, 0.2) is 0 Å². The molecule has 0 aliphatic heterocycles. The number of aryl methyl sites for hydroxylation is 2. The summed E-state index contributed by atoms with van der Waals surface area (Å²) in [6.07, 6.45) is 0.561. The average molecular weight is 327 g/mol. The van der Waals surface area contributed by atoms with Crippen molar-refractivity contribution in [1.82, 2.24) is 9.97 Å². The molecule has 0 amide bonds. The lowest BCUT2D eigenvalue weighted by Gasteiger charge is -2.11. The van der Waals surface area contributed by atoms with E-state index >= 15 is 0 Å². The molecule has 6 nitrogen and oxygen atoms in total. The number of aromatic nitrogens is 2. The van der Waals surface area contributed by atoms with Crippen LogP contribution in [0.1, 0.15) is 18.2 Å². The van der Waals surface area contributed by atoms with E-state index in [0.717, 1.165) is 0 Å². The largest absolute Gasteiger partial charge is 0.399 e. The van der Waals surface area contributed by atoms with Crippen molar-refractivity contribution in [2.75, 3.05) is 10.5 Å². The number of nitrogens with one attached hydrogen (secondary N) is 1. The predicted octanol–water partition coefficient (Wildman–Crippen LogP) is 2.38. The molecule has 0 bridgehead atoms. The third kappa shape index (κ3) is 3.62. The first-order valence-corrected chi connectivity index (χ1v) is 8.10. The molecule has 0 unspecified atom stereocenters. The number of rotatable bonds is 4. The van der Waals surface area contributed by atoms with E-state index in [1.165, 1.54) is 12.1 Å². The van der Waals surface area contributed by atoms with Gasteiger partial charge in [-0.25, -0.2) is 23.1 Å². The Labute approximate surface area is 128 Å². The van der Waals surface area contributed by atoms with Gasteiger partial charge in [-0.3, -0.25) is 0 Å². The molecule has 0 saturated carbocycles. The molecular formula is C13H15ClN4O2S. The number of nitrogen functional groups attached to an aromatic ring is 1. The van der Waals surface area contributed by atoms with Crippen molar-refractivity contribution >= 4 is 33.3 Å². The second-order valence-electron chi connectivity index (χ2n) is 4.48. The molecule has 21 heavy (non-hydrogen) atoms. The normalized spacial score (nSPS) is 11.4. The van der Waals surface area contributed by atoms with Crippen LogP contribution in [-0.2, 0) is 16.4 Å². The van der Waals surface area contributed by atoms with Crippen LogP contribution in [0.5, 0.6) is 0 Å². The molecule has 112 valence electrons. The van der Waals surface area contributed by atoms with E-state index in [1.807, 2.05) is 6.92 Å². The van der Waals surface area contributed by atoms with Crippen molar-refractivity contribution in [2.24, 2.45) is 0 Å². The van der Waals surface area contributed by atoms with Gasteiger partial charge in [0.1, 0.15) is 5.15 Å². The molecule has 0 aliphatic carbocycles. The van der Waals surface area contributed by atoms with Gasteiger partial charge in [-0.2, -0.15) is 0 Å². The molecule has 1 aromatic heterocycles. The third-order valence-corrected chi connectivity index (χ3v) is 4.41. The minimum Gasteiger partial charge on any atom is -0.399 e. The van der Waals surface area contributed by atoms with Gasteiger partial charge in [0.2, 0.25) is 5.95 Å². The van der Waals surface area contributed by atoms with Crippen molar-refractivity contribution in [3.8, 4) is 0 Å². The Morgan fingerprint density at radius 1 is 1.29 bits per heavy atom. The zero-order chi connectivity index (χ0) is 15.6. The van der Waals surface area contributed by atoms with E-state index in [0.29, 0.717) is 23.4 Å². The van der Waals surface area contributed by atoms with E-state index in [4.69, 9.17) is 17.3 Å². The number of hydrogen-bond donors (Lipinski definition) is 2. The maximum absolute atomic E-state index is 12.5. The molecule has 0 saturated heterocycles. The number of nitrogens with zero attached hydrogens (tertiary/aromatic N) is 2. The first-order valence-electron chi connectivity index (χ1n) is 6.24. The SMILES string of the molecule is CCc1ccc(N)cc1S(=O)(=O)Nc1nc(C)cc(Cl)n1. The molecule has 0 atom stereocenters. The molecule has 0 radical (unpaired) electrons. The first-order chi connectivity index (χ1) is 9.81. The monoisotopic (exact) mass is 326 g/mol. The quantitative estimate of drug-likeness (QED) is 0.664. The Kier molecular flexibility index (Phi) is 4.34. The molecule has 2 rings (SSSR count). The van der Waals surface area contributed by atoms with Crippen LogP contribution in [0.2, 0.25) is 5.15 Å². The maximum Gasteiger partial charge on any atom is 0.264 e. The Hall–Kier alpha value is -1.86. The summed E-state index contributed by atoms with van der Waals surface area (Å²) >= 11 is 5.80. The highest BCUT2D eigenvalue weighted by molar-refractivity contribution is 7.92. The molecule has 0 spiro atoms. The van der Waals surface area contributed by atoms with Gasteiger partial charge in [0.25, 0.3) is 10.0 Å². The zero-order valence-corrected chi connectivity index (χ0v) is 13.2. The van der Waals surface area contributed by atoms with Crippen LogP contribution in [0.4, 0.5) is 11.6 Å². The lowest BCUT2D eigenvalue weighted by Crippen LogP contribution is -2.17. The highest BCUT2D eigenvalue weighted by Gasteiger charge is 2.20. The zero-order valence-electron chi connectivity index (χ0n) is 11.6. The number of nitrogens with two attached hydrogens (primary N) is 1. The van der Waals surface area contributed by atoms with Crippen LogP contribution < -0.4 is 10.5 Å². The van der Waals surface area contributed by atoms with Gasteiger partial charge in [-0.05, 0) is 37.1 Å². The molecule has 8 heteroatoms. The lowest BCUT2D eigenvalue weighted by molar-refractivity contribution is 0.599. The Morgan fingerprint density at radius 2 is 2.00 bits per heavy atom. The number of halogens is 1. The molecule has 3 N–H and O–H groups in total. The van der Waals surface area contributed by atoms with Gasteiger partial charge in [-0.15, -0.1) is 0 Å². The van der Waals surface area contributed by atoms with Crippen molar-refractivity contribution < 1.29 is 8.42 Å². The number of hydrogen-bond acceptors (Lipinski definition) is 5. The fourth-order valence-electron chi connectivity index (χ4n) is 1.86. The van der Waals surface area contributed by atoms with Crippen molar-refractivity contribution in [2.45, 2.75) is 25.2 Å². The van der Waals surface area contributed by atoms with Crippen LogP contribution in [0.25, 0.3) is 0 Å². The molecule has 0 aliphatic rings. The third-order valence-electron chi connectivity index (χ3n) is 2.81. The second-order valence-corrected chi connectivity index (χ2v) is 6.52. The Bertz CT molecular complexity index is 757. The van der Waals surface area contributed by atoms with Crippen LogP contribution in [0.15, 0.2) is 29.2 Å². The average Bonchev–Trinajstić information content (AvgIpc) is 2.36. The summed E-state index contributed by atoms with van der Waals surface area (Å²) in [5.74, 6) is -0.0653. The summed E-state index contributed by atoms with van der Waals surface area (Å²) in [6.45, 7) is 3.56. The second kappa shape index (κ2) is 5.87. The minimum atomic E-state index is -3.83. The van der Waals surface area contributed by atoms with E-state index in [1.54, 1.807) is 19.1 Å². The van der Waals surface area contributed by atoms with Gasteiger partial charge in [0.05, 0.1) is 4.90 Å². The van der Waals surface area contributed by atoms with Crippen LogP contribution in [0, 0.1) is 6.92 Å². The van der Waals surface area contributed by atoms with E-state index in [-0.39, 0.29) is 16.0 Å².